The van der Waals surface area contributed by atoms with E-state index in [1.807, 2.05) is 0 Å². The van der Waals surface area contributed by atoms with Gasteiger partial charge in [0.1, 0.15) is 98.2 Å². The fourth-order valence-corrected chi connectivity index (χ4v) is 5.40. The van der Waals surface area contributed by atoms with Crippen molar-refractivity contribution in [2.24, 2.45) is 0 Å². The van der Waals surface area contributed by atoms with Crippen molar-refractivity contribution >= 4 is 0 Å². The van der Waals surface area contributed by atoms with Crippen molar-refractivity contribution in [1.29, 1.82) is 0 Å². The SMILES string of the molecule is OC[C@@H]1O[C@H](OC[C@H]2O[C@@H](O[C@@]3(CO[C@H]4O[C@@H](CO)[C@H](O)[C@@H](O)[C@@H]4O)O[C@H](CO)[C@@H](O)[C@@H]3O)[C@H](O)[C@@H](O)[C@@H]2O)[C@@H](O)[C@H](O)[C@H]1O. The summed E-state index contributed by atoms with van der Waals surface area (Å²) in [6.45, 7) is -4.15. The number of hydrogen-bond acceptors (Lipinski definition) is 21. The molecule has 4 aliphatic rings. The maximum Gasteiger partial charge on any atom is 0.224 e. The standard InChI is InChI=1S/C24H42O21/c25-1-6-10(28)14(32)17(35)21(41-6)39-4-9-12(30)16(34)19(37)23(43-9)45-24(20(38)13(31)8(3-27)44-24)5-40-22-18(36)15(33)11(29)7(2-26)42-22/h6-23,25-38H,1-5H2/t6-,7-,8+,9+,10-,11-,12+,13+,14+,15+,16-,17-,18-,19+,20-,21-,22-,23-,24+/m0/s1. The van der Waals surface area contributed by atoms with Gasteiger partial charge in [0.15, 0.2) is 18.9 Å². The average Bonchev–Trinajstić information content (AvgIpc) is 3.27. The van der Waals surface area contributed by atoms with Gasteiger partial charge in [-0.3, -0.25) is 0 Å². The van der Waals surface area contributed by atoms with E-state index < -0.39 is 149 Å². The number of hydrogen-bond donors (Lipinski definition) is 14. The Bertz CT molecular complexity index is 929. The molecule has 0 aromatic heterocycles. The van der Waals surface area contributed by atoms with Crippen LogP contribution in [0.1, 0.15) is 0 Å². The molecule has 0 aliphatic carbocycles. The van der Waals surface area contributed by atoms with Gasteiger partial charge in [-0.2, -0.15) is 0 Å². The molecule has 0 saturated carbocycles. The van der Waals surface area contributed by atoms with Crippen LogP contribution in [-0.2, 0) is 33.2 Å². The Kier molecular flexibility index (Phi) is 12.5. The van der Waals surface area contributed by atoms with Gasteiger partial charge in [0.05, 0.1) is 26.4 Å². The minimum atomic E-state index is -2.57. The van der Waals surface area contributed by atoms with Crippen molar-refractivity contribution in [2.45, 2.75) is 116 Å². The Morgan fingerprint density at radius 2 is 0.867 bits per heavy atom. The molecule has 4 heterocycles. The van der Waals surface area contributed by atoms with E-state index in [9.17, 15) is 71.5 Å². The van der Waals surface area contributed by atoms with Crippen molar-refractivity contribution in [3.63, 3.8) is 0 Å². The highest BCUT2D eigenvalue weighted by atomic mass is 16.8. The first-order chi connectivity index (χ1) is 21.2. The minimum absolute atomic E-state index is 0.729. The molecule has 19 atom stereocenters. The Morgan fingerprint density at radius 3 is 1.33 bits per heavy atom. The molecule has 0 aromatic carbocycles. The number of aliphatic hydroxyl groups is 14. The topological polar surface area (TPSA) is 348 Å². The molecule has 0 amide bonds. The van der Waals surface area contributed by atoms with Crippen molar-refractivity contribution in [3.05, 3.63) is 0 Å². The molecule has 4 rings (SSSR count). The van der Waals surface area contributed by atoms with Crippen molar-refractivity contribution in [2.75, 3.05) is 33.0 Å². The molecule has 0 aromatic rings. The molecule has 4 aliphatic heterocycles. The van der Waals surface area contributed by atoms with Gasteiger partial charge in [0.25, 0.3) is 0 Å². The van der Waals surface area contributed by atoms with Crippen LogP contribution in [0.4, 0.5) is 0 Å². The summed E-state index contributed by atoms with van der Waals surface area (Å²) < 4.78 is 38.0. The zero-order valence-corrected chi connectivity index (χ0v) is 23.5. The number of rotatable bonds is 11. The second kappa shape index (κ2) is 15.1. The molecule has 45 heavy (non-hydrogen) atoms. The fraction of sp³-hybridized carbons (Fsp3) is 1.00. The molecule has 0 bridgehead atoms. The van der Waals surface area contributed by atoms with Crippen molar-refractivity contribution in [3.8, 4) is 0 Å². The van der Waals surface area contributed by atoms with Crippen LogP contribution in [0.3, 0.4) is 0 Å². The van der Waals surface area contributed by atoms with Crippen LogP contribution in [0.15, 0.2) is 0 Å². The Morgan fingerprint density at radius 1 is 0.444 bits per heavy atom. The monoisotopic (exact) mass is 666 g/mol. The van der Waals surface area contributed by atoms with Gasteiger partial charge in [-0.1, -0.05) is 0 Å². The summed E-state index contributed by atoms with van der Waals surface area (Å²) >= 11 is 0. The third-order valence-electron chi connectivity index (χ3n) is 8.24. The molecule has 264 valence electrons. The summed E-state index contributed by atoms with van der Waals surface area (Å²) in [5.74, 6) is -2.57. The summed E-state index contributed by atoms with van der Waals surface area (Å²) in [5.41, 5.74) is 0. The lowest BCUT2D eigenvalue weighted by atomic mass is 9.98. The Balaban J connectivity index is 1.50. The van der Waals surface area contributed by atoms with Crippen LogP contribution >= 0.6 is 0 Å². The van der Waals surface area contributed by atoms with Crippen LogP contribution in [0.2, 0.25) is 0 Å². The molecule has 0 unspecified atom stereocenters. The molecule has 0 radical (unpaired) electrons. The minimum Gasteiger partial charge on any atom is -0.394 e. The van der Waals surface area contributed by atoms with Gasteiger partial charge in [0.2, 0.25) is 5.79 Å². The molecular formula is C24H42O21. The third-order valence-corrected chi connectivity index (χ3v) is 8.24. The van der Waals surface area contributed by atoms with E-state index in [1.54, 1.807) is 0 Å². The summed E-state index contributed by atoms with van der Waals surface area (Å²) in [7, 11) is 0. The van der Waals surface area contributed by atoms with E-state index in [0.717, 1.165) is 0 Å². The second-order valence-corrected chi connectivity index (χ2v) is 11.3. The maximum atomic E-state index is 10.9. The quantitative estimate of drug-likeness (QED) is 0.0973. The predicted octanol–water partition coefficient (Wildman–Crippen LogP) is -9.75. The molecule has 21 nitrogen and oxygen atoms in total. The first-order valence-corrected chi connectivity index (χ1v) is 14.1. The third kappa shape index (κ3) is 7.29. The molecule has 4 saturated heterocycles. The summed E-state index contributed by atoms with van der Waals surface area (Å²) in [4.78, 5) is 0. The lowest BCUT2D eigenvalue weighted by Gasteiger charge is -2.45. The van der Waals surface area contributed by atoms with E-state index in [4.69, 9.17) is 33.2 Å². The van der Waals surface area contributed by atoms with Gasteiger partial charge in [0, 0.05) is 0 Å². The van der Waals surface area contributed by atoms with Crippen LogP contribution < -0.4 is 0 Å². The lowest BCUT2D eigenvalue weighted by molar-refractivity contribution is -0.399. The van der Waals surface area contributed by atoms with E-state index in [-0.39, 0.29) is 0 Å². The first kappa shape index (κ1) is 37.0. The molecule has 14 N–H and O–H groups in total. The predicted molar refractivity (Wildman–Crippen MR) is 134 cm³/mol. The van der Waals surface area contributed by atoms with Gasteiger partial charge >= 0.3 is 0 Å². The molecular weight excluding hydrogens is 624 g/mol. The van der Waals surface area contributed by atoms with Crippen LogP contribution in [0, 0.1) is 0 Å². The van der Waals surface area contributed by atoms with E-state index in [2.05, 4.69) is 0 Å². The van der Waals surface area contributed by atoms with E-state index >= 15 is 0 Å². The summed E-state index contributed by atoms with van der Waals surface area (Å²) in [6.07, 6.45) is -32.0. The van der Waals surface area contributed by atoms with Crippen LogP contribution in [0.5, 0.6) is 0 Å². The Hall–Kier alpha value is -0.840. The van der Waals surface area contributed by atoms with Gasteiger partial charge in [-0.15, -0.1) is 0 Å². The highest BCUT2D eigenvalue weighted by Crippen LogP contribution is 2.38. The first-order valence-electron chi connectivity index (χ1n) is 14.1. The highest BCUT2D eigenvalue weighted by molar-refractivity contribution is 5.00. The fourth-order valence-electron chi connectivity index (χ4n) is 5.40. The summed E-state index contributed by atoms with van der Waals surface area (Å²) in [5, 5.41) is 142. The molecule has 0 spiro atoms. The van der Waals surface area contributed by atoms with Crippen LogP contribution in [0.25, 0.3) is 0 Å². The van der Waals surface area contributed by atoms with Gasteiger partial charge < -0.3 is 105 Å². The smallest absolute Gasteiger partial charge is 0.224 e. The van der Waals surface area contributed by atoms with Crippen molar-refractivity contribution < 1.29 is 105 Å². The van der Waals surface area contributed by atoms with Crippen molar-refractivity contribution in [1.82, 2.24) is 0 Å². The zero-order chi connectivity index (χ0) is 33.4. The molecule has 4 fully saturated rings. The van der Waals surface area contributed by atoms with Crippen LogP contribution in [-0.4, -0.2) is 221 Å². The maximum absolute atomic E-state index is 10.9. The summed E-state index contributed by atoms with van der Waals surface area (Å²) in [6, 6.07) is 0. The van der Waals surface area contributed by atoms with E-state index in [1.165, 1.54) is 0 Å². The highest BCUT2D eigenvalue weighted by Gasteiger charge is 2.60. The van der Waals surface area contributed by atoms with Gasteiger partial charge in [-0.25, -0.2) is 0 Å². The molecule has 21 heteroatoms. The average molecular weight is 667 g/mol. The lowest BCUT2D eigenvalue weighted by Crippen LogP contribution is -2.64. The Labute approximate surface area is 254 Å². The zero-order valence-electron chi connectivity index (χ0n) is 23.5. The van der Waals surface area contributed by atoms with E-state index in [0.29, 0.717) is 0 Å². The largest absolute Gasteiger partial charge is 0.394 e. The van der Waals surface area contributed by atoms with Gasteiger partial charge in [-0.05, 0) is 0 Å². The number of ether oxygens (including phenoxy) is 7. The normalized spacial score (nSPS) is 52.7. The number of aliphatic hydroxyl groups excluding tert-OH is 14. The second-order valence-electron chi connectivity index (χ2n) is 11.3.